The Hall–Kier alpha value is -0.550. The van der Waals surface area contributed by atoms with Crippen LogP contribution >= 0.6 is 11.8 Å². The van der Waals surface area contributed by atoms with E-state index in [1.165, 1.54) is 4.90 Å². The minimum atomic E-state index is 0.0898. The van der Waals surface area contributed by atoms with Crippen LogP contribution in [0.1, 0.15) is 18.5 Å². The summed E-state index contributed by atoms with van der Waals surface area (Å²) < 4.78 is 5.18. The topological polar surface area (TPSA) is 55.5 Å². The standard InChI is InChI=1S/C12H19NO2S/c1-10(13)11-2-4-12(5-3-11)16-9-8-15-7-6-14/h2-5,10,14H,6-9,13H2,1H3. The second-order valence-electron chi connectivity index (χ2n) is 3.54. The third-order valence-corrected chi connectivity index (χ3v) is 3.11. The van der Waals surface area contributed by atoms with Crippen molar-refractivity contribution in [1.29, 1.82) is 0 Å². The van der Waals surface area contributed by atoms with Gasteiger partial charge in [0.2, 0.25) is 0 Å². The molecule has 0 aliphatic heterocycles. The predicted molar refractivity (Wildman–Crippen MR) is 67.7 cm³/mol. The lowest BCUT2D eigenvalue weighted by Crippen LogP contribution is -2.04. The summed E-state index contributed by atoms with van der Waals surface area (Å²) in [6.45, 7) is 3.16. The molecule has 90 valence electrons. The average Bonchev–Trinajstić information content (AvgIpc) is 2.29. The molecule has 0 aliphatic rings. The Morgan fingerprint density at radius 1 is 1.31 bits per heavy atom. The molecule has 0 radical (unpaired) electrons. The number of aliphatic hydroxyl groups excluding tert-OH is 1. The summed E-state index contributed by atoms with van der Waals surface area (Å²) in [7, 11) is 0. The van der Waals surface area contributed by atoms with Crippen LogP contribution in [-0.2, 0) is 4.74 Å². The zero-order valence-corrected chi connectivity index (χ0v) is 10.4. The van der Waals surface area contributed by atoms with E-state index in [4.69, 9.17) is 15.6 Å². The molecule has 0 saturated carbocycles. The summed E-state index contributed by atoms with van der Waals surface area (Å²) in [5.41, 5.74) is 6.92. The van der Waals surface area contributed by atoms with Crippen LogP contribution in [0.4, 0.5) is 0 Å². The highest BCUT2D eigenvalue weighted by atomic mass is 32.2. The van der Waals surface area contributed by atoms with Crippen LogP contribution in [0.25, 0.3) is 0 Å². The van der Waals surface area contributed by atoms with Gasteiger partial charge >= 0.3 is 0 Å². The van der Waals surface area contributed by atoms with Crippen molar-refractivity contribution >= 4 is 11.8 Å². The van der Waals surface area contributed by atoms with Gasteiger partial charge in [0.25, 0.3) is 0 Å². The second-order valence-corrected chi connectivity index (χ2v) is 4.71. The SMILES string of the molecule is CC(N)c1ccc(SCCOCCO)cc1. The first-order valence-electron chi connectivity index (χ1n) is 5.41. The van der Waals surface area contributed by atoms with E-state index in [2.05, 4.69) is 24.3 Å². The van der Waals surface area contributed by atoms with Crippen LogP contribution in [0, 0.1) is 0 Å². The van der Waals surface area contributed by atoms with Gasteiger partial charge in [-0.25, -0.2) is 0 Å². The molecule has 4 heteroatoms. The molecular formula is C12H19NO2S. The number of hydrogen-bond donors (Lipinski definition) is 2. The molecule has 1 aromatic carbocycles. The molecule has 0 amide bonds. The number of aliphatic hydroxyl groups is 1. The molecule has 0 heterocycles. The summed E-state index contributed by atoms with van der Waals surface area (Å²) in [5.74, 6) is 0.900. The molecule has 3 nitrogen and oxygen atoms in total. The van der Waals surface area contributed by atoms with E-state index in [1.54, 1.807) is 11.8 Å². The zero-order chi connectivity index (χ0) is 11.8. The van der Waals surface area contributed by atoms with Crippen LogP contribution in [0.15, 0.2) is 29.2 Å². The predicted octanol–water partition coefficient (Wildman–Crippen LogP) is 1.81. The van der Waals surface area contributed by atoms with Gasteiger partial charge in [0.05, 0.1) is 19.8 Å². The van der Waals surface area contributed by atoms with Gasteiger partial charge in [0.1, 0.15) is 0 Å². The van der Waals surface area contributed by atoms with Gasteiger partial charge in [-0.2, -0.15) is 0 Å². The van der Waals surface area contributed by atoms with E-state index >= 15 is 0 Å². The first-order chi connectivity index (χ1) is 7.74. The molecule has 0 fully saturated rings. The second kappa shape index (κ2) is 7.68. The molecule has 1 unspecified atom stereocenters. The fraction of sp³-hybridized carbons (Fsp3) is 0.500. The smallest absolute Gasteiger partial charge is 0.0698 e. The van der Waals surface area contributed by atoms with Gasteiger partial charge in [0.15, 0.2) is 0 Å². The summed E-state index contributed by atoms with van der Waals surface area (Å²) >= 11 is 1.74. The van der Waals surface area contributed by atoms with Gasteiger partial charge in [0, 0.05) is 16.7 Å². The highest BCUT2D eigenvalue weighted by molar-refractivity contribution is 7.99. The Morgan fingerprint density at radius 2 is 2.00 bits per heavy atom. The maximum absolute atomic E-state index is 8.52. The number of ether oxygens (including phenoxy) is 1. The van der Waals surface area contributed by atoms with Crippen LogP contribution in [-0.4, -0.2) is 30.7 Å². The van der Waals surface area contributed by atoms with Gasteiger partial charge in [-0.15, -0.1) is 11.8 Å². The molecule has 0 bridgehead atoms. The Bertz CT molecular complexity index is 288. The number of thioether (sulfide) groups is 1. The molecule has 0 spiro atoms. The number of hydrogen-bond acceptors (Lipinski definition) is 4. The van der Waals surface area contributed by atoms with Gasteiger partial charge in [-0.05, 0) is 24.6 Å². The fourth-order valence-electron chi connectivity index (χ4n) is 1.25. The van der Waals surface area contributed by atoms with Crippen molar-refractivity contribution in [3.05, 3.63) is 29.8 Å². The molecule has 0 aliphatic carbocycles. The molecular weight excluding hydrogens is 222 g/mol. The summed E-state index contributed by atoms with van der Waals surface area (Å²) in [6, 6.07) is 8.36. The lowest BCUT2D eigenvalue weighted by Gasteiger charge is -2.07. The fourth-order valence-corrected chi connectivity index (χ4v) is 2.02. The van der Waals surface area contributed by atoms with Crippen molar-refractivity contribution in [3.8, 4) is 0 Å². The third kappa shape index (κ3) is 4.99. The van der Waals surface area contributed by atoms with Crippen LogP contribution in [0.5, 0.6) is 0 Å². The van der Waals surface area contributed by atoms with Gasteiger partial charge < -0.3 is 15.6 Å². The van der Waals surface area contributed by atoms with Gasteiger partial charge in [-0.3, -0.25) is 0 Å². The Balaban J connectivity index is 2.27. The number of rotatable bonds is 7. The lowest BCUT2D eigenvalue weighted by molar-refractivity contribution is 0.103. The first kappa shape index (κ1) is 13.5. The minimum Gasteiger partial charge on any atom is -0.394 e. The Kier molecular flexibility index (Phi) is 6.49. The molecule has 1 atom stereocenters. The van der Waals surface area contributed by atoms with Gasteiger partial charge in [-0.1, -0.05) is 12.1 Å². The molecule has 0 saturated heterocycles. The quantitative estimate of drug-likeness (QED) is 0.564. The van der Waals surface area contributed by atoms with E-state index < -0.39 is 0 Å². The van der Waals surface area contributed by atoms with E-state index in [-0.39, 0.29) is 12.6 Å². The minimum absolute atomic E-state index is 0.0898. The molecule has 0 aromatic heterocycles. The molecule has 3 N–H and O–H groups in total. The maximum Gasteiger partial charge on any atom is 0.0698 e. The van der Waals surface area contributed by atoms with Crippen molar-refractivity contribution in [2.75, 3.05) is 25.6 Å². The monoisotopic (exact) mass is 241 g/mol. The van der Waals surface area contributed by atoms with Crippen molar-refractivity contribution < 1.29 is 9.84 Å². The summed E-state index contributed by atoms with van der Waals surface area (Å²) in [6.07, 6.45) is 0. The van der Waals surface area contributed by atoms with E-state index in [1.807, 2.05) is 6.92 Å². The maximum atomic E-state index is 8.52. The van der Waals surface area contributed by atoms with Crippen LogP contribution in [0.3, 0.4) is 0 Å². The highest BCUT2D eigenvalue weighted by Crippen LogP contribution is 2.19. The van der Waals surface area contributed by atoms with E-state index in [9.17, 15) is 0 Å². The molecule has 1 aromatic rings. The third-order valence-electron chi connectivity index (χ3n) is 2.14. The lowest BCUT2D eigenvalue weighted by atomic mass is 10.1. The summed E-state index contributed by atoms with van der Waals surface area (Å²) in [5, 5.41) is 8.52. The number of nitrogens with two attached hydrogens (primary N) is 1. The average molecular weight is 241 g/mol. The van der Waals surface area contributed by atoms with Crippen LogP contribution in [0.2, 0.25) is 0 Å². The van der Waals surface area contributed by atoms with Crippen molar-refractivity contribution in [1.82, 2.24) is 0 Å². The Labute approximate surface area is 101 Å². The normalized spacial score (nSPS) is 12.7. The van der Waals surface area contributed by atoms with E-state index in [0.29, 0.717) is 13.2 Å². The molecule has 16 heavy (non-hydrogen) atoms. The zero-order valence-electron chi connectivity index (χ0n) is 9.56. The van der Waals surface area contributed by atoms with E-state index in [0.717, 1.165) is 11.3 Å². The van der Waals surface area contributed by atoms with Crippen molar-refractivity contribution in [3.63, 3.8) is 0 Å². The van der Waals surface area contributed by atoms with Crippen molar-refractivity contribution in [2.45, 2.75) is 17.9 Å². The molecule has 1 rings (SSSR count). The van der Waals surface area contributed by atoms with Crippen LogP contribution < -0.4 is 5.73 Å². The number of benzene rings is 1. The highest BCUT2D eigenvalue weighted by Gasteiger charge is 1.99. The summed E-state index contributed by atoms with van der Waals surface area (Å²) in [4.78, 5) is 1.22. The Morgan fingerprint density at radius 3 is 2.56 bits per heavy atom. The first-order valence-corrected chi connectivity index (χ1v) is 6.39. The largest absolute Gasteiger partial charge is 0.394 e. The van der Waals surface area contributed by atoms with Crippen molar-refractivity contribution in [2.24, 2.45) is 5.73 Å².